The summed E-state index contributed by atoms with van der Waals surface area (Å²) in [5.74, 6) is -0.781. The van der Waals surface area contributed by atoms with Gasteiger partial charge in [-0.1, -0.05) is 24.3 Å². The Morgan fingerprint density at radius 2 is 1.71 bits per heavy atom. The maximum Gasteiger partial charge on any atom is 0.416 e. The Labute approximate surface area is 177 Å². The third kappa shape index (κ3) is 6.16. The number of alkyl halides is 4. The zero-order valence-corrected chi connectivity index (χ0v) is 16.8. The monoisotopic (exact) mass is 441 g/mol. The molecule has 0 aromatic heterocycles. The molecule has 2 amide bonds. The summed E-state index contributed by atoms with van der Waals surface area (Å²) in [7, 11) is 0. The van der Waals surface area contributed by atoms with E-state index in [0.717, 1.165) is 12.1 Å². The number of carbonyl (C=O) groups is 1. The molecule has 168 valence electrons. The Kier molecular flexibility index (Phi) is 7.48. The first-order valence-electron chi connectivity index (χ1n) is 9.99. The van der Waals surface area contributed by atoms with Crippen molar-refractivity contribution < 1.29 is 26.7 Å². The highest BCUT2D eigenvalue weighted by molar-refractivity contribution is 5.74. The largest absolute Gasteiger partial charge is 0.416 e. The van der Waals surface area contributed by atoms with Crippen LogP contribution < -0.4 is 10.6 Å². The van der Waals surface area contributed by atoms with Crippen molar-refractivity contribution in [1.29, 1.82) is 0 Å². The van der Waals surface area contributed by atoms with Crippen LogP contribution in [0.1, 0.15) is 23.1 Å². The van der Waals surface area contributed by atoms with E-state index in [1.165, 1.54) is 29.2 Å². The first-order chi connectivity index (χ1) is 14.8. The van der Waals surface area contributed by atoms with Gasteiger partial charge in [0.25, 0.3) is 0 Å². The van der Waals surface area contributed by atoms with Gasteiger partial charge in [0.2, 0.25) is 0 Å². The number of rotatable bonds is 6. The highest BCUT2D eigenvalue weighted by Gasteiger charge is 2.33. The fourth-order valence-electron chi connectivity index (χ4n) is 3.69. The first kappa shape index (κ1) is 23.0. The van der Waals surface area contributed by atoms with E-state index in [1.807, 2.05) is 0 Å². The van der Waals surface area contributed by atoms with Gasteiger partial charge in [0.15, 0.2) is 0 Å². The van der Waals surface area contributed by atoms with Crippen LogP contribution in [0.15, 0.2) is 48.5 Å². The fourth-order valence-corrected chi connectivity index (χ4v) is 3.69. The van der Waals surface area contributed by atoms with Crippen molar-refractivity contribution in [3.8, 4) is 0 Å². The molecule has 1 fully saturated rings. The van der Waals surface area contributed by atoms with Gasteiger partial charge in [0.05, 0.1) is 12.2 Å². The minimum Gasteiger partial charge on any atom is -0.334 e. The van der Waals surface area contributed by atoms with E-state index in [2.05, 4.69) is 10.6 Å². The summed E-state index contributed by atoms with van der Waals surface area (Å²) in [5.41, 5.74) is 0.443. The van der Waals surface area contributed by atoms with Crippen molar-refractivity contribution in [3.05, 3.63) is 71.0 Å². The Bertz CT molecular complexity index is 855. The highest BCUT2D eigenvalue weighted by Crippen LogP contribution is 2.29. The lowest BCUT2D eigenvalue weighted by Gasteiger charge is -2.39. The molecule has 31 heavy (non-hydrogen) atoms. The van der Waals surface area contributed by atoms with Crippen LogP contribution in [-0.4, -0.2) is 36.7 Å². The number of halogens is 5. The third-order valence-corrected chi connectivity index (χ3v) is 5.42. The molecule has 2 N–H and O–H groups in total. The standard InChI is InChI=1S/C22H24F5N3O/c23-11-17-13-28-10-9-20(17)30(14-16-3-7-19(24)8-4-16)21(31)29-12-15-1-5-18(6-2-15)22(25,26)27/h1-8,17,20,28H,9-14H2,(H,29,31)/t17-,20+/m1/s1. The van der Waals surface area contributed by atoms with Crippen LogP contribution in [0.2, 0.25) is 0 Å². The number of nitrogens with zero attached hydrogens (tertiary/aromatic N) is 1. The highest BCUT2D eigenvalue weighted by atomic mass is 19.4. The number of benzene rings is 2. The average molecular weight is 441 g/mol. The Hall–Kier alpha value is -2.68. The summed E-state index contributed by atoms with van der Waals surface area (Å²) < 4.78 is 65.0. The number of amides is 2. The van der Waals surface area contributed by atoms with Gasteiger partial charge in [-0.15, -0.1) is 0 Å². The lowest BCUT2D eigenvalue weighted by Crippen LogP contribution is -2.54. The molecule has 0 saturated carbocycles. The van der Waals surface area contributed by atoms with Gasteiger partial charge >= 0.3 is 12.2 Å². The lowest BCUT2D eigenvalue weighted by atomic mass is 9.92. The summed E-state index contributed by atoms with van der Waals surface area (Å²) in [4.78, 5) is 14.5. The molecular weight excluding hydrogens is 417 g/mol. The van der Waals surface area contributed by atoms with E-state index in [4.69, 9.17) is 0 Å². The third-order valence-electron chi connectivity index (χ3n) is 5.42. The fraction of sp³-hybridized carbons (Fsp3) is 0.409. The van der Waals surface area contributed by atoms with Crippen molar-refractivity contribution in [2.45, 2.75) is 31.7 Å². The second kappa shape index (κ2) is 10.1. The molecule has 2 atom stereocenters. The molecule has 1 saturated heterocycles. The molecule has 1 heterocycles. The summed E-state index contributed by atoms with van der Waals surface area (Å²) in [5, 5.41) is 5.84. The van der Waals surface area contributed by atoms with E-state index in [0.29, 0.717) is 30.6 Å². The summed E-state index contributed by atoms with van der Waals surface area (Å²) in [6.07, 6.45) is -3.87. The SMILES string of the molecule is O=C(NCc1ccc(C(F)(F)F)cc1)N(Cc1ccc(F)cc1)[C@H]1CCNC[C@H]1CF. The first-order valence-corrected chi connectivity index (χ1v) is 9.99. The van der Waals surface area contributed by atoms with Crippen LogP contribution in [0.4, 0.5) is 26.7 Å². The van der Waals surface area contributed by atoms with Crippen molar-refractivity contribution in [2.24, 2.45) is 5.92 Å². The molecule has 9 heteroatoms. The van der Waals surface area contributed by atoms with E-state index >= 15 is 0 Å². The van der Waals surface area contributed by atoms with Gasteiger partial charge in [-0.2, -0.15) is 13.2 Å². The summed E-state index contributed by atoms with van der Waals surface area (Å²) in [6.45, 7) is 0.673. The van der Waals surface area contributed by atoms with Crippen molar-refractivity contribution in [2.75, 3.05) is 19.8 Å². The van der Waals surface area contributed by atoms with Crippen molar-refractivity contribution >= 4 is 6.03 Å². The second-order valence-corrected chi connectivity index (χ2v) is 7.58. The second-order valence-electron chi connectivity index (χ2n) is 7.58. The van der Waals surface area contributed by atoms with Gasteiger partial charge in [-0.05, 0) is 48.4 Å². The van der Waals surface area contributed by atoms with Gasteiger partial charge in [-0.3, -0.25) is 4.39 Å². The van der Waals surface area contributed by atoms with Crippen molar-refractivity contribution in [3.63, 3.8) is 0 Å². The molecule has 1 aliphatic rings. The van der Waals surface area contributed by atoms with Crippen LogP contribution >= 0.6 is 0 Å². The normalized spacial score (nSPS) is 19.1. The quantitative estimate of drug-likeness (QED) is 0.649. The Morgan fingerprint density at radius 1 is 1.06 bits per heavy atom. The van der Waals surface area contributed by atoms with Crippen LogP contribution in [0.5, 0.6) is 0 Å². The van der Waals surface area contributed by atoms with E-state index < -0.39 is 30.3 Å². The predicted octanol–water partition coefficient (Wildman–Crippen LogP) is 4.50. The molecular formula is C22H24F5N3O. The molecule has 0 bridgehead atoms. The maximum absolute atomic E-state index is 13.6. The van der Waals surface area contributed by atoms with Crippen molar-refractivity contribution in [1.82, 2.24) is 15.5 Å². The maximum atomic E-state index is 13.6. The number of hydrogen-bond donors (Lipinski definition) is 2. The topological polar surface area (TPSA) is 44.4 Å². The molecule has 0 unspecified atom stereocenters. The number of piperidine rings is 1. The lowest BCUT2D eigenvalue weighted by molar-refractivity contribution is -0.137. The molecule has 0 aliphatic carbocycles. The van der Waals surface area contributed by atoms with Gasteiger partial charge in [-0.25, -0.2) is 9.18 Å². The smallest absolute Gasteiger partial charge is 0.334 e. The van der Waals surface area contributed by atoms with E-state index in [-0.39, 0.29) is 25.0 Å². The van der Waals surface area contributed by atoms with Crippen LogP contribution in [-0.2, 0) is 19.3 Å². The number of nitrogens with one attached hydrogen (secondary N) is 2. The minimum absolute atomic E-state index is 0.0299. The van der Waals surface area contributed by atoms with Crippen LogP contribution in [0.3, 0.4) is 0 Å². The zero-order chi connectivity index (χ0) is 22.4. The molecule has 0 radical (unpaired) electrons. The van der Waals surface area contributed by atoms with Gasteiger partial charge < -0.3 is 15.5 Å². The molecule has 0 spiro atoms. The van der Waals surface area contributed by atoms with E-state index in [1.54, 1.807) is 12.1 Å². The molecule has 3 rings (SSSR count). The average Bonchev–Trinajstić information content (AvgIpc) is 2.76. The molecule has 2 aromatic carbocycles. The van der Waals surface area contributed by atoms with Gasteiger partial charge in [0.1, 0.15) is 5.82 Å². The molecule has 1 aliphatic heterocycles. The Morgan fingerprint density at radius 3 is 2.32 bits per heavy atom. The predicted molar refractivity (Wildman–Crippen MR) is 106 cm³/mol. The number of urea groups is 1. The zero-order valence-electron chi connectivity index (χ0n) is 16.8. The number of carbonyl (C=O) groups excluding carboxylic acids is 1. The van der Waals surface area contributed by atoms with Crippen LogP contribution in [0, 0.1) is 11.7 Å². The van der Waals surface area contributed by atoms with E-state index in [9.17, 15) is 26.7 Å². The summed E-state index contributed by atoms with van der Waals surface area (Å²) >= 11 is 0. The van der Waals surface area contributed by atoms with Crippen LogP contribution in [0.25, 0.3) is 0 Å². The summed E-state index contributed by atoms with van der Waals surface area (Å²) in [6, 6.07) is 9.45. The van der Waals surface area contributed by atoms with Gasteiger partial charge in [0, 0.05) is 31.6 Å². The molecule has 2 aromatic rings. The minimum atomic E-state index is -4.43. The molecule has 4 nitrogen and oxygen atoms in total. The number of hydrogen-bond acceptors (Lipinski definition) is 2. The Balaban J connectivity index is 1.72.